The second-order valence-corrected chi connectivity index (χ2v) is 4.78. The topological polar surface area (TPSA) is 76.0 Å². The summed E-state index contributed by atoms with van der Waals surface area (Å²) in [4.78, 5) is 10.0. The Bertz CT molecular complexity index is 627. The number of halogens is 2. The van der Waals surface area contributed by atoms with Gasteiger partial charge in [-0.05, 0) is 32.1 Å². The van der Waals surface area contributed by atoms with Gasteiger partial charge in [0.2, 0.25) is 5.85 Å². The zero-order chi connectivity index (χ0) is 18.2. The number of ether oxygens (including phenoxy) is 2. The molecule has 0 aromatic heterocycles. The fraction of sp³-hybridized carbons (Fsp3) is 0.353. The van der Waals surface area contributed by atoms with E-state index in [2.05, 4.69) is 0 Å². The summed E-state index contributed by atoms with van der Waals surface area (Å²) >= 11 is 0. The molecule has 0 bridgehead atoms. The van der Waals surface area contributed by atoms with Gasteiger partial charge in [-0.15, -0.1) is 0 Å². The van der Waals surface area contributed by atoms with Crippen LogP contribution < -0.4 is 0 Å². The molecule has 0 fully saturated rings. The lowest BCUT2D eigenvalue weighted by Crippen LogP contribution is -2.27. The first-order valence-electron chi connectivity index (χ1n) is 7.37. The van der Waals surface area contributed by atoms with Crippen LogP contribution >= 0.6 is 0 Å². The third kappa shape index (κ3) is 5.66. The Morgan fingerprint density at radius 2 is 2.00 bits per heavy atom. The van der Waals surface area contributed by atoms with E-state index in [0.29, 0.717) is 18.7 Å². The SMILES string of the molecule is CCOC1=CCC(F)(OCC)C=C1O.O=Cc1ccc(O)cc1F. The first-order chi connectivity index (χ1) is 11.3. The highest BCUT2D eigenvalue weighted by atomic mass is 19.2. The fourth-order valence-corrected chi connectivity index (χ4v) is 1.91. The minimum Gasteiger partial charge on any atom is -0.508 e. The van der Waals surface area contributed by atoms with Gasteiger partial charge < -0.3 is 19.7 Å². The highest BCUT2D eigenvalue weighted by Gasteiger charge is 2.32. The molecule has 0 radical (unpaired) electrons. The largest absolute Gasteiger partial charge is 0.508 e. The lowest BCUT2D eigenvalue weighted by molar-refractivity contribution is -0.103. The summed E-state index contributed by atoms with van der Waals surface area (Å²) in [6.45, 7) is 4.21. The van der Waals surface area contributed by atoms with Crippen molar-refractivity contribution in [2.75, 3.05) is 13.2 Å². The van der Waals surface area contributed by atoms with Gasteiger partial charge in [0.05, 0.1) is 12.2 Å². The van der Waals surface area contributed by atoms with Gasteiger partial charge in [-0.1, -0.05) is 0 Å². The Kier molecular flexibility index (Phi) is 7.38. The minimum atomic E-state index is -1.89. The normalized spacial score (nSPS) is 19.5. The van der Waals surface area contributed by atoms with Crippen LogP contribution in [0, 0.1) is 5.82 Å². The molecule has 1 aliphatic rings. The van der Waals surface area contributed by atoms with Crippen LogP contribution in [0.3, 0.4) is 0 Å². The van der Waals surface area contributed by atoms with Crippen LogP contribution in [0.15, 0.2) is 41.9 Å². The number of carbonyl (C=O) groups is 1. The van der Waals surface area contributed by atoms with Crippen LogP contribution in [0.4, 0.5) is 8.78 Å². The average Bonchev–Trinajstić information content (AvgIpc) is 2.51. The molecule has 0 saturated carbocycles. The minimum absolute atomic E-state index is 0.0437. The number of phenolic OH excluding ortho intramolecular Hbond substituents is 1. The molecule has 1 aromatic carbocycles. The van der Waals surface area contributed by atoms with Crippen LogP contribution in [0.25, 0.3) is 0 Å². The lowest BCUT2D eigenvalue weighted by Gasteiger charge is -2.24. The van der Waals surface area contributed by atoms with Gasteiger partial charge in [0.15, 0.2) is 17.8 Å². The molecule has 1 aromatic rings. The number of phenols is 1. The Balaban J connectivity index is 0.000000254. The van der Waals surface area contributed by atoms with Crippen molar-refractivity contribution in [1.29, 1.82) is 0 Å². The number of rotatable bonds is 5. The molecule has 2 N–H and O–H groups in total. The molecule has 1 aliphatic carbocycles. The fourth-order valence-electron chi connectivity index (χ4n) is 1.91. The molecule has 132 valence electrons. The lowest BCUT2D eigenvalue weighted by atomic mass is 10.1. The van der Waals surface area contributed by atoms with Gasteiger partial charge in [0.1, 0.15) is 11.6 Å². The van der Waals surface area contributed by atoms with E-state index in [0.717, 1.165) is 12.1 Å². The summed E-state index contributed by atoms with van der Waals surface area (Å²) < 4.78 is 36.1. The van der Waals surface area contributed by atoms with E-state index in [1.807, 2.05) is 0 Å². The Morgan fingerprint density at radius 1 is 1.29 bits per heavy atom. The van der Waals surface area contributed by atoms with Crippen molar-refractivity contribution in [3.05, 3.63) is 53.3 Å². The molecule has 1 unspecified atom stereocenters. The van der Waals surface area contributed by atoms with Gasteiger partial charge >= 0.3 is 0 Å². The molecule has 0 aliphatic heterocycles. The Morgan fingerprint density at radius 3 is 2.50 bits per heavy atom. The molecule has 0 spiro atoms. The highest BCUT2D eigenvalue weighted by Crippen LogP contribution is 2.29. The van der Waals surface area contributed by atoms with Crippen LogP contribution in [-0.4, -0.2) is 35.6 Å². The zero-order valence-corrected chi connectivity index (χ0v) is 13.5. The van der Waals surface area contributed by atoms with E-state index >= 15 is 0 Å². The molecule has 0 amide bonds. The summed E-state index contributed by atoms with van der Waals surface area (Å²) in [6, 6.07) is 3.37. The van der Waals surface area contributed by atoms with Gasteiger partial charge in [-0.25, -0.2) is 8.78 Å². The van der Waals surface area contributed by atoms with E-state index in [4.69, 9.17) is 14.6 Å². The molecule has 7 heteroatoms. The summed E-state index contributed by atoms with van der Waals surface area (Å²) in [6.07, 6.45) is 3.00. The second kappa shape index (κ2) is 9.02. The molecular weight excluding hydrogens is 322 g/mol. The highest BCUT2D eigenvalue weighted by molar-refractivity contribution is 5.75. The summed E-state index contributed by atoms with van der Waals surface area (Å²) in [7, 11) is 0. The number of aromatic hydroxyl groups is 1. The Hall–Kier alpha value is -2.41. The number of alkyl halides is 1. The summed E-state index contributed by atoms with van der Waals surface area (Å²) in [5.41, 5.74) is -0.0437. The van der Waals surface area contributed by atoms with Gasteiger partial charge in [-0.3, -0.25) is 4.79 Å². The van der Waals surface area contributed by atoms with Gasteiger partial charge in [0.25, 0.3) is 0 Å². The maximum atomic E-state index is 13.7. The van der Waals surface area contributed by atoms with E-state index in [-0.39, 0.29) is 30.1 Å². The first-order valence-corrected chi connectivity index (χ1v) is 7.37. The van der Waals surface area contributed by atoms with Crippen molar-refractivity contribution in [2.24, 2.45) is 0 Å². The quantitative estimate of drug-likeness (QED) is 0.796. The number of hydrogen-bond acceptors (Lipinski definition) is 5. The summed E-state index contributed by atoms with van der Waals surface area (Å²) in [5.74, 6) is -2.65. The monoisotopic (exact) mass is 342 g/mol. The van der Waals surface area contributed by atoms with Crippen molar-refractivity contribution in [3.63, 3.8) is 0 Å². The van der Waals surface area contributed by atoms with Crippen molar-refractivity contribution in [2.45, 2.75) is 26.1 Å². The average molecular weight is 342 g/mol. The van der Waals surface area contributed by atoms with Crippen molar-refractivity contribution in [3.8, 4) is 5.75 Å². The predicted octanol–water partition coefficient (Wildman–Crippen LogP) is 3.80. The molecule has 2 rings (SSSR count). The number of aliphatic hydroxyl groups is 1. The third-order valence-corrected chi connectivity index (χ3v) is 2.97. The first kappa shape index (κ1) is 19.6. The van der Waals surface area contributed by atoms with E-state index in [1.54, 1.807) is 13.8 Å². The maximum absolute atomic E-state index is 13.7. The molecule has 0 saturated heterocycles. The zero-order valence-electron chi connectivity index (χ0n) is 13.5. The smallest absolute Gasteiger partial charge is 0.236 e. The van der Waals surface area contributed by atoms with E-state index in [1.165, 1.54) is 18.2 Å². The number of aldehydes is 1. The molecule has 1 atom stereocenters. The summed E-state index contributed by atoms with van der Waals surface area (Å²) in [5, 5.41) is 18.1. The third-order valence-electron chi connectivity index (χ3n) is 2.97. The van der Waals surface area contributed by atoms with Gasteiger partial charge in [0, 0.05) is 25.2 Å². The van der Waals surface area contributed by atoms with E-state index < -0.39 is 11.7 Å². The second-order valence-electron chi connectivity index (χ2n) is 4.78. The van der Waals surface area contributed by atoms with Crippen LogP contribution in [-0.2, 0) is 9.47 Å². The number of hydrogen-bond donors (Lipinski definition) is 2. The predicted molar refractivity (Wildman–Crippen MR) is 84.0 cm³/mol. The number of aliphatic hydroxyl groups excluding tert-OH is 1. The molecular formula is C17H20F2O5. The van der Waals surface area contributed by atoms with E-state index in [9.17, 15) is 18.7 Å². The molecule has 24 heavy (non-hydrogen) atoms. The maximum Gasteiger partial charge on any atom is 0.236 e. The number of benzene rings is 1. The van der Waals surface area contributed by atoms with Crippen LogP contribution in [0.2, 0.25) is 0 Å². The van der Waals surface area contributed by atoms with Crippen molar-refractivity contribution in [1.82, 2.24) is 0 Å². The van der Waals surface area contributed by atoms with Gasteiger partial charge in [-0.2, -0.15) is 0 Å². The molecule has 5 nitrogen and oxygen atoms in total. The Labute approximate surface area is 138 Å². The molecule has 0 heterocycles. The standard InChI is InChI=1S/C10H15FO3.C7H5FO2/c1-3-13-9-5-6-10(11,14-4-2)7-8(9)12;8-7-3-6(10)2-1-5(7)4-9/h5,7,12H,3-4,6H2,1-2H3;1-4,10H. The van der Waals surface area contributed by atoms with Crippen molar-refractivity contribution < 1.29 is 33.3 Å². The number of carbonyl (C=O) groups excluding carboxylic acids is 1. The van der Waals surface area contributed by atoms with Crippen LogP contribution in [0.5, 0.6) is 5.75 Å². The van der Waals surface area contributed by atoms with Crippen LogP contribution in [0.1, 0.15) is 30.6 Å². The van der Waals surface area contributed by atoms with Crippen molar-refractivity contribution >= 4 is 6.29 Å².